The Morgan fingerprint density at radius 3 is 2.42 bits per heavy atom. The third kappa shape index (κ3) is 2.81. The van der Waals surface area contributed by atoms with Crippen LogP contribution in [0.4, 0.5) is 0 Å². The summed E-state index contributed by atoms with van der Waals surface area (Å²) in [4.78, 5) is 10.4. The fourth-order valence-electron chi connectivity index (χ4n) is 1.62. The first-order chi connectivity index (χ1) is 5.72. The van der Waals surface area contributed by atoms with E-state index in [1.165, 1.54) is 6.92 Å². The molecule has 0 heterocycles. The summed E-state index contributed by atoms with van der Waals surface area (Å²) < 4.78 is 9.90. The Balaban J connectivity index is 1.98. The van der Waals surface area contributed by atoms with E-state index in [0.717, 1.165) is 19.4 Å². The molecule has 0 aromatic heterocycles. The molecule has 1 rings (SSSR count). The van der Waals surface area contributed by atoms with E-state index in [9.17, 15) is 4.79 Å². The zero-order chi connectivity index (χ0) is 8.97. The van der Waals surface area contributed by atoms with E-state index in [0.29, 0.717) is 18.4 Å². The Kier molecular flexibility index (Phi) is 3.53. The average molecular weight is 172 g/mol. The summed E-state index contributed by atoms with van der Waals surface area (Å²) >= 11 is 0. The second-order valence-electron chi connectivity index (χ2n) is 3.46. The third-order valence-corrected chi connectivity index (χ3v) is 2.26. The summed E-state index contributed by atoms with van der Waals surface area (Å²) in [7, 11) is 1.72. The van der Waals surface area contributed by atoms with Crippen LogP contribution in [0.3, 0.4) is 0 Å². The van der Waals surface area contributed by atoms with Crippen LogP contribution in [0.15, 0.2) is 0 Å². The summed E-state index contributed by atoms with van der Waals surface area (Å²) in [6.07, 6.45) is 2.28. The fourth-order valence-corrected chi connectivity index (χ4v) is 1.62. The predicted octanol–water partition coefficient (Wildman–Crippen LogP) is 1.22. The van der Waals surface area contributed by atoms with Crippen molar-refractivity contribution in [3.05, 3.63) is 0 Å². The van der Waals surface area contributed by atoms with Crippen molar-refractivity contribution in [3.63, 3.8) is 0 Å². The summed E-state index contributed by atoms with van der Waals surface area (Å²) in [5.41, 5.74) is 0. The lowest BCUT2D eigenvalue weighted by atomic mass is 9.76. The molecular formula is C9H16O3. The molecule has 0 saturated heterocycles. The number of hydrogen-bond donors (Lipinski definition) is 0. The molecule has 0 bridgehead atoms. The average Bonchev–Trinajstić information content (AvgIpc) is 1.93. The summed E-state index contributed by atoms with van der Waals surface area (Å²) in [5, 5.41) is 0. The van der Waals surface area contributed by atoms with Gasteiger partial charge in [-0.1, -0.05) is 0 Å². The normalized spacial score (nSPS) is 27.8. The highest BCUT2D eigenvalue weighted by Crippen LogP contribution is 2.33. The number of carbonyl (C=O) groups is 1. The third-order valence-electron chi connectivity index (χ3n) is 2.26. The van der Waals surface area contributed by atoms with Crippen LogP contribution in [0.25, 0.3) is 0 Å². The first-order valence-electron chi connectivity index (χ1n) is 4.34. The number of methoxy groups -OCH3 is 1. The maximum Gasteiger partial charge on any atom is 0.302 e. The summed E-state index contributed by atoms with van der Waals surface area (Å²) in [6.45, 7) is 2.89. The van der Waals surface area contributed by atoms with Crippen LogP contribution in [0, 0.1) is 11.8 Å². The van der Waals surface area contributed by atoms with Gasteiger partial charge in [0.1, 0.15) is 0 Å². The Morgan fingerprint density at radius 1 is 1.33 bits per heavy atom. The lowest BCUT2D eigenvalue weighted by Crippen LogP contribution is -2.30. The molecule has 3 heteroatoms. The van der Waals surface area contributed by atoms with Gasteiger partial charge in [0.25, 0.3) is 0 Å². The minimum Gasteiger partial charge on any atom is -0.466 e. The van der Waals surface area contributed by atoms with Gasteiger partial charge in [0.2, 0.25) is 0 Å². The van der Waals surface area contributed by atoms with Crippen molar-refractivity contribution < 1.29 is 14.3 Å². The standard InChI is InChI=1S/C9H16O3/c1-7(10)12-6-9-3-8(4-9)5-11-2/h8-9H,3-6H2,1-2H3/t8-,9-. The van der Waals surface area contributed by atoms with Crippen LogP contribution in [0.1, 0.15) is 19.8 Å². The molecule has 1 aliphatic carbocycles. The van der Waals surface area contributed by atoms with Crippen molar-refractivity contribution in [1.82, 2.24) is 0 Å². The minimum absolute atomic E-state index is 0.176. The highest BCUT2D eigenvalue weighted by Gasteiger charge is 2.29. The Bertz CT molecular complexity index is 150. The molecule has 12 heavy (non-hydrogen) atoms. The van der Waals surface area contributed by atoms with Gasteiger partial charge in [-0.2, -0.15) is 0 Å². The number of ether oxygens (including phenoxy) is 2. The van der Waals surface area contributed by atoms with E-state index in [4.69, 9.17) is 9.47 Å². The van der Waals surface area contributed by atoms with E-state index < -0.39 is 0 Å². The first-order valence-corrected chi connectivity index (χ1v) is 4.34. The lowest BCUT2D eigenvalue weighted by molar-refractivity contribution is -0.144. The highest BCUT2D eigenvalue weighted by atomic mass is 16.5. The molecule has 0 amide bonds. The number of esters is 1. The van der Waals surface area contributed by atoms with E-state index in [1.807, 2.05) is 0 Å². The van der Waals surface area contributed by atoms with Gasteiger partial charge in [-0.25, -0.2) is 0 Å². The molecule has 1 aliphatic rings. The van der Waals surface area contributed by atoms with Crippen LogP contribution in [-0.2, 0) is 14.3 Å². The van der Waals surface area contributed by atoms with E-state index in [1.54, 1.807) is 7.11 Å². The van der Waals surface area contributed by atoms with Crippen LogP contribution in [0.2, 0.25) is 0 Å². The van der Waals surface area contributed by atoms with Crippen molar-refractivity contribution in [2.45, 2.75) is 19.8 Å². The molecule has 0 radical (unpaired) electrons. The van der Waals surface area contributed by atoms with Crippen LogP contribution >= 0.6 is 0 Å². The Morgan fingerprint density at radius 2 is 1.92 bits per heavy atom. The maximum atomic E-state index is 10.4. The van der Waals surface area contributed by atoms with Crippen molar-refractivity contribution in [2.75, 3.05) is 20.3 Å². The fraction of sp³-hybridized carbons (Fsp3) is 0.889. The topological polar surface area (TPSA) is 35.5 Å². The second-order valence-corrected chi connectivity index (χ2v) is 3.46. The van der Waals surface area contributed by atoms with Gasteiger partial charge in [-0.05, 0) is 24.7 Å². The number of carbonyl (C=O) groups excluding carboxylic acids is 1. The smallest absolute Gasteiger partial charge is 0.302 e. The molecule has 0 spiro atoms. The number of hydrogen-bond acceptors (Lipinski definition) is 3. The molecule has 0 aromatic rings. The van der Waals surface area contributed by atoms with Crippen molar-refractivity contribution in [2.24, 2.45) is 11.8 Å². The van der Waals surface area contributed by atoms with Crippen LogP contribution in [0.5, 0.6) is 0 Å². The van der Waals surface area contributed by atoms with Crippen molar-refractivity contribution >= 4 is 5.97 Å². The maximum absolute atomic E-state index is 10.4. The first kappa shape index (κ1) is 9.52. The Hall–Kier alpha value is -0.570. The zero-order valence-electron chi connectivity index (χ0n) is 7.71. The molecule has 0 unspecified atom stereocenters. The SMILES string of the molecule is COC[C@H]1C[C@H](COC(C)=O)C1. The predicted molar refractivity (Wildman–Crippen MR) is 44.7 cm³/mol. The molecule has 0 aliphatic heterocycles. The second kappa shape index (κ2) is 4.45. The van der Waals surface area contributed by atoms with Crippen LogP contribution in [-0.4, -0.2) is 26.3 Å². The minimum atomic E-state index is -0.176. The largest absolute Gasteiger partial charge is 0.466 e. The van der Waals surface area contributed by atoms with Crippen molar-refractivity contribution in [1.29, 1.82) is 0 Å². The molecule has 0 atom stereocenters. The molecule has 1 fully saturated rings. The quantitative estimate of drug-likeness (QED) is 0.598. The molecule has 0 aromatic carbocycles. The summed E-state index contributed by atoms with van der Waals surface area (Å²) in [5.74, 6) is 1.09. The summed E-state index contributed by atoms with van der Waals surface area (Å²) in [6, 6.07) is 0. The van der Waals surface area contributed by atoms with Gasteiger partial charge in [0.05, 0.1) is 6.61 Å². The van der Waals surface area contributed by atoms with Gasteiger partial charge in [-0.3, -0.25) is 4.79 Å². The monoisotopic (exact) mass is 172 g/mol. The van der Waals surface area contributed by atoms with Gasteiger partial charge >= 0.3 is 5.97 Å². The van der Waals surface area contributed by atoms with Crippen LogP contribution < -0.4 is 0 Å². The van der Waals surface area contributed by atoms with Gasteiger partial charge in [0, 0.05) is 20.6 Å². The van der Waals surface area contributed by atoms with Gasteiger partial charge < -0.3 is 9.47 Å². The van der Waals surface area contributed by atoms with Gasteiger partial charge in [-0.15, -0.1) is 0 Å². The molecule has 0 N–H and O–H groups in total. The van der Waals surface area contributed by atoms with Gasteiger partial charge in [0.15, 0.2) is 0 Å². The molecular weight excluding hydrogens is 156 g/mol. The highest BCUT2D eigenvalue weighted by molar-refractivity contribution is 5.65. The molecule has 1 saturated carbocycles. The zero-order valence-corrected chi connectivity index (χ0v) is 7.71. The number of rotatable bonds is 4. The van der Waals surface area contributed by atoms with E-state index >= 15 is 0 Å². The van der Waals surface area contributed by atoms with E-state index in [-0.39, 0.29) is 5.97 Å². The lowest BCUT2D eigenvalue weighted by Gasteiger charge is -2.34. The Labute approximate surface area is 73.0 Å². The molecule has 3 nitrogen and oxygen atoms in total. The molecule has 70 valence electrons. The van der Waals surface area contributed by atoms with Crippen molar-refractivity contribution in [3.8, 4) is 0 Å². The van der Waals surface area contributed by atoms with E-state index in [2.05, 4.69) is 0 Å².